The molecule has 10 heteroatoms. The lowest BCUT2D eigenvalue weighted by molar-refractivity contribution is 0.384. The number of imidazole rings is 1. The Morgan fingerprint density at radius 2 is 1.86 bits per heavy atom. The van der Waals surface area contributed by atoms with E-state index in [1.807, 2.05) is 40.8 Å². The summed E-state index contributed by atoms with van der Waals surface area (Å²) in [7, 11) is -1.24. The monoisotopic (exact) mass is 403 g/mol. The molecule has 1 aromatic carbocycles. The van der Waals surface area contributed by atoms with Crippen molar-refractivity contribution in [3.05, 3.63) is 30.5 Å². The van der Waals surface area contributed by atoms with Gasteiger partial charge in [-0.15, -0.1) is 0 Å². The Labute approximate surface area is 165 Å². The lowest BCUT2D eigenvalue weighted by Gasteiger charge is -2.34. The van der Waals surface area contributed by atoms with Gasteiger partial charge in [0.1, 0.15) is 5.82 Å². The van der Waals surface area contributed by atoms with E-state index >= 15 is 0 Å². The van der Waals surface area contributed by atoms with Gasteiger partial charge in [-0.2, -0.15) is 4.31 Å². The predicted octanol–water partition coefficient (Wildman–Crippen LogP) is 1.33. The van der Waals surface area contributed by atoms with Crippen molar-refractivity contribution in [1.29, 1.82) is 0 Å². The number of hydrogen-bond donors (Lipinski definition) is 1. The van der Waals surface area contributed by atoms with Gasteiger partial charge in [-0.05, 0) is 19.1 Å². The van der Waals surface area contributed by atoms with Crippen LogP contribution in [-0.4, -0.2) is 64.2 Å². The van der Waals surface area contributed by atoms with Crippen molar-refractivity contribution >= 4 is 32.7 Å². The van der Waals surface area contributed by atoms with Crippen LogP contribution in [0.25, 0.3) is 22.6 Å². The van der Waals surface area contributed by atoms with Crippen molar-refractivity contribution in [3.63, 3.8) is 0 Å². The maximum Gasteiger partial charge on any atom is 0.213 e. The maximum absolute atomic E-state index is 12.1. The fourth-order valence-electron chi connectivity index (χ4n) is 3.44. The smallest absolute Gasteiger partial charge is 0.213 e. The molecule has 1 saturated heterocycles. The number of aromatic nitrogens is 4. The third-order valence-electron chi connectivity index (χ3n) is 5.11. The minimum atomic E-state index is -3.17. The topological polar surface area (TPSA) is 110 Å². The van der Waals surface area contributed by atoms with Crippen LogP contribution in [0.3, 0.4) is 0 Å². The molecule has 0 bridgehead atoms. The SMILES string of the molecule is CCS(=O)(=O)N1CCN(c2cnc(N)c(-c3nc4ccccc4n3C)n2)CC1.[HH]. The summed E-state index contributed by atoms with van der Waals surface area (Å²) in [6.07, 6.45) is 1.63. The van der Waals surface area contributed by atoms with Gasteiger partial charge in [0, 0.05) is 34.7 Å². The van der Waals surface area contributed by atoms with E-state index < -0.39 is 10.0 Å². The van der Waals surface area contributed by atoms with Gasteiger partial charge >= 0.3 is 0 Å². The second-order valence-corrected chi connectivity index (χ2v) is 8.99. The third kappa shape index (κ3) is 3.18. The number of benzene rings is 1. The van der Waals surface area contributed by atoms with E-state index in [2.05, 4.69) is 9.97 Å². The van der Waals surface area contributed by atoms with Crippen LogP contribution >= 0.6 is 0 Å². The van der Waals surface area contributed by atoms with Gasteiger partial charge in [0.2, 0.25) is 10.0 Å². The van der Waals surface area contributed by atoms with Gasteiger partial charge in [-0.25, -0.2) is 23.4 Å². The van der Waals surface area contributed by atoms with E-state index in [0.717, 1.165) is 11.0 Å². The van der Waals surface area contributed by atoms with Crippen LogP contribution in [0.1, 0.15) is 8.35 Å². The lowest BCUT2D eigenvalue weighted by atomic mass is 10.3. The van der Waals surface area contributed by atoms with E-state index in [4.69, 9.17) is 10.7 Å². The van der Waals surface area contributed by atoms with Crippen LogP contribution in [0.4, 0.5) is 11.6 Å². The van der Waals surface area contributed by atoms with E-state index in [-0.39, 0.29) is 7.18 Å². The standard InChI is InChI=1S/C18H23N7O2S.H2/c1-3-28(26,27)25-10-8-24(9-11-25)15-12-20-17(19)16(22-15)18-21-13-6-4-5-7-14(13)23(18)2;/h4-7,12H,3,8-11H2,1-2H3,(H2,19,20);1H. The molecule has 28 heavy (non-hydrogen) atoms. The molecule has 0 saturated carbocycles. The van der Waals surface area contributed by atoms with E-state index in [9.17, 15) is 8.42 Å². The number of nitrogen functional groups attached to an aromatic ring is 1. The highest BCUT2D eigenvalue weighted by atomic mass is 32.2. The number of rotatable bonds is 4. The molecular formula is C18H25N7O2S. The summed E-state index contributed by atoms with van der Waals surface area (Å²) in [5.41, 5.74) is 8.49. The average molecular weight is 404 g/mol. The molecule has 0 atom stereocenters. The molecule has 0 radical (unpaired) electrons. The van der Waals surface area contributed by atoms with E-state index in [1.54, 1.807) is 13.1 Å². The van der Waals surface area contributed by atoms with Crippen molar-refractivity contribution in [2.45, 2.75) is 6.92 Å². The summed E-state index contributed by atoms with van der Waals surface area (Å²) in [4.78, 5) is 15.7. The van der Waals surface area contributed by atoms with Crippen LogP contribution in [0.15, 0.2) is 30.5 Å². The Balaban J connectivity index is 0.00000240. The highest BCUT2D eigenvalue weighted by molar-refractivity contribution is 7.89. The molecule has 1 aliphatic heterocycles. The lowest BCUT2D eigenvalue weighted by Crippen LogP contribution is -2.49. The highest BCUT2D eigenvalue weighted by Crippen LogP contribution is 2.27. The average Bonchev–Trinajstić information content (AvgIpc) is 3.05. The molecule has 1 aliphatic rings. The number of piperazine rings is 1. The van der Waals surface area contributed by atoms with Crippen LogP contribution in [0, 0.1) is 0 Å². The van der Waals surface area contributed by atoms with Gasteiger partial charge in [0.15, 0.2) is 17.3 Å². The number of para-hydroxylation sites is 2. The molecule has 3 heterocycles. The number of nitrogens with two attached hydrogens (primary N) is 1. The molecule has 0 unspecified atom stereocenters. The Kier molecular flexibility index (Phi) is 4.68. The molecule has 1 fully saturated rings. The number of anilines is 2. The van der Waals surface area contributed by atoms with E-state index in [1.165, 1.54) is 4.31 Å². The summed E-state index contributed by atoms with van der Waals surface area (Å²) in [6.45, 7) is 3.64. The molecule has 0 amide bonds. The van der Waals surface area contributed by atoms with Crippen LogP contribution in [-0.2, 0) is 17.1 Å². The van der Waals surface area contributed by atoms with Crippen molar-refractivity contribution < 1.29 is 9.84 Å². The van der Waals surface area contributed by atoms with Crippen molar-refractivity contribution in [1.82, 2.24) is 23.8 Å². The minimum Gasteiger partial charge on any atom is -0.382 e. The van der Waals surface area contributed by atoms with Crippen molar-refractivity contribution in [3.8, 4) is 11.5 Å². The fourth-order valence-corrected chi connectivity index (χ4v) is 4.53. The molecular weight excluding hydrogens is 378 g/mol. The summed E-state index contributed by atoms with van der Waals surface area (Å²) in [5.74, 6) is 1.75. The Morgan fingerprint density at radius 1 is 1.14 bits per heavy atom. The molecule has 2 aromatic heterocycles. The van der Waals surface area contributed by atoms with Gasteiger partial charge in [-0.1, -0.05) is 12.1 Å². The summed E-state index contributed by atoms with van der Waals surface area (Å²) in [5, 5.41) is 0. The molecule has 3 aromatic rings. The van der Waals surface area contributed by atoms with Gasteiger partial charge in [-0.3, -0.25) is 0 Å². The maximum atomic E-state index is 12.1. The Hall–Kier alpha value is -2.72. The molecule has 4 rings (SSSR count). The quantitative estimate of drug-likeness (QED) is 0.700. The first-order chi connectivity index (χ1) is 13.4. The normalized spacial score (nSPS) is 16.0. The van der Waals surface area contributed by atoms with Gasteiger partial charge in [0.05, 0.1) is 23.0 Å². The summed E-state index contributed by atoms with van der Waals surface area (Å²) < 4.78 is 27.6. The number of nitrogens with zero attached hydrogens (tertiary/aromatic N) is 6. The second-order valence-electron chi connectivity index (χ2n) is 6.73. The number of fused-ring (bicyclic) bond motifs is 1. The molecule has 9 nitrogen and oxygen atoms in total. The molecule has 150 valence electrons. The van der Waals surface area contributed by atoms with Crippen molar-refractivity contribution in [2.24, 2.45) is 7.05 Å². The number of hydrogen-bond acceptors (Lipinski definition) is 7. The molecule has 0 spiro atoms. The first-order valence-electron chi connectivity index (χ1n) is 9.18. The fraction of sp³-hybridized carbons (Fsp3) is 0.389. The Bertz CT molecular complexity index is 1120. The third-order valence-corrected chi connectivity index (χ3v) is 6.99. The first kappa shape index (κ1) is 18.6. The predicted molar refractivity (Wildman–Crippen MR) is 112 cm³/mol. The molecule has 0 aliphatic carbocycles. The minimum absolute atomic E-state index is 0. The largest absolute Gasteiger partial charge is 0.382 e. The zero-order chi connectivity index (χ0) is 19.9. The second kappa shape index (κ2) is 7.02. The first-order valence-corrected chi connectivity index (χ1v) is 10.8. The number of aryl methyl sites for hydroxylation is 1. The highest BCUT2D eigenvalue weighted by Gasteiger charge is 2.27. The van der Waals surface area contributed by atoms with Gasteiger partial charge in [0.25, 0.3) is 0 Å². The Morgan fingerprint density at radius 3 is 2.54 bits per heavy atom. The number of sulfonamides is 1. The van der Waals surface area contributed by atoms with Crippen molar-refractivity contribution in [2.75, 3.05) is 42.6 Å². The van der Waals surface area contributed by atoms with Crippen LogP contribution < -0.4 is 10.6 Å². The summed E-state index contributed by atoms with van der Waals surface area (Å²) >= 11 is 0. The molecule has 2 N–H and O–H groups in total. The zero-order valence-corrected chi connectivity index (χ0v) is 16.7. The van der Waals surface area contributed by atoms with Crippen LogP contribution in [0.5, 0.6) is 0 Å². The van der Waals surface area contributed by atoms with E-state index in [0.29, 0.717) is 49.3 Å². The zero-order valence-electron chi connectivity index (χ0n) is 15.9. The summed E-state index contributed by atoms with van der Waals surface area (Å²) in [6, 6.07) is 7.84. The van der Waals surface area contributed by atoms with Crippen LogP contribution in [0.2, 0.25) is 0 Å². The van der Waals surface area contributed by atoms with Gasteiger partial charge < -0.3 is 15.2 Å².